The van der Waals surface area contributed by atoms with Crippen LogP contribution in [-0.2, 0) is 6.42 Å². The molecule has 32 heavy (non-hydrogen) atoms. The molecule has 0 unspecified atom stereocenters. The van der Waals surface area contributed by atoms with E-state index < -0.39 is 0 Å². The molecular formula is C30H31FO. The zero-order valence-electron chi connectivity index (χ0n) is 19.0. The lowest BCUT2D eigenvalue weighted by Crippen LogP contribution is -1.89. The maximum atomic E-state index is 14.9. The molecule has 0 amide bonds. The first-order chi connectivity index (χ1) is 15.7. The van der Waals surface area contributed by atoms with Crippen molar-refractivity contribution >= 4 is 10.8 Å². The zero-order valence-corrected chi connectivity index (χ0v) is 19.0. The van der Waals surface area contributed by atoms with E-state index in [1.54, 1.807) is 13.2 Å². The molecule has 0 bridgehead atoms. The van der Waals surface area contributed by atoms with Crippen molar-refractivity contribution in [3.63, 3.8) is 0 Å². The van der Waals surface area contributed by atoms with Crippen LogP contribution in [0.25, 0.3) is 33.0 Å². The van der Waals surface area contributed by atoms with Gasteiger partial charge in [-0.15, -0.1) is 0 Å². The van der Waals surface area contributed by atoms with Gasteiger partial charge < -0.3 is 4.74 Å². The molecule has 4 rings (SSSR count). The first kappa shape index (κ1) is 22.1. The van der Waals surface area contributed by atoms with Gasteiger partial charge in [0, 0.05) is 5.56 Å². The fraction of sp³-hybridized carbons (Fsp3) is 0.267. The number of fused-ring (bicyclic) bond motifs is 1. The fourth-order valence-corrected chi connectivity index (χ4v) is 4.26. The molecule has 0 N–H and O–H groups in total. The van der Waals surface area contributed by atoms with E-state index in [9.17, 15) is 4.39 Å². The molecule has 0 spiro atoms. The smallest absolute Gasteiger partial charge is 0.131 e. The van der Waals surface area contributed by atoms with E-state index in [1.807, 2.05) is 36.4 Å². The average Bonchev–Trinajstić information content (AvgIpc) is 2.83. The molecule has 0 radical (unpaired) electrons. The number of unbranched alkanes of at least 4 members (excludes halogenated alkanes) is 4. The summed E-state index contributed by atoms with van der Waals surface area (Å²) in [5.41, 5.74) is 4.76. The van der Waals surface area contributed by atoms with E-state index in [2.05, 4.69) is 43.3 Å². The molecule has 0 saturated carbocycles. The van der Waals surface area contributed by atoms with Crippen molar-refractivity contribution < 1.29 is 9.13 Å². The number of hydrogen-bond donors (Lipinski definition) is 0. The summed E-state index contributed by atoms with van der Waals surface area (Å²) in [6.07, 6.45) is 7.65. The van der Waals surface area contributed by atoms with Crippen LogP contribution >= 0.6 is 0 Å². The van der Waals surface area contributed by atoms with Crippen molar-refractivity contribution in [2.45, 2.75) is 45.4 Å². The summed E-state index contributed by atoms with van der Waals surface area (Å²) in [5.74, 6) is 0.549. The van der Waals surface area contributed by atoms with E-state index >= 15 is 0 Å². The molecule has 0 atom stereocenters. The molecule has 1 nitrogen and oxygen atoms in total. The van der Waals surface area contributed by atoms with Crippen molar-refractivity contribution in [2.75, 3.05) is 7.11 Å². The molecule has 0 fully saturated rings. The van der Waals surface area contributed by atoms with E-state index in [1.165, 1.54) is 48.4 Å². The topological polar surface area (TPSA) is 9.23 Å². The van der Waals surface area contributed by atoms with Crippen LogP contribution in [0.2, 0.25) is 0 Å². The molecule has 0 aliphatic carbocycles. The molecular weight excluding hydrogens is 395 g/mol. The molecule has 0 aliphatic rings. The Kier molecular flexibility index (Phi) is 7.21. The van der Waals surface area contributed by atoms with Crippen LogP contribution in [0.4, 0.5) is 4.39 Å². The number of methoxy groups -OCH3 is 1. The predicted molar refractivity (Wildman–Crippen MR) is 134 cm³/mol. The molecule has 0 saturated heterocycles. The minimum atomic E-state index is -0.216. The number of halogens is 1. The summed E-state index contributed by atoms with van der Waals surface area (Å²) in [7, 11) is 1.63. The Balaban J connectivity index is 1.51. The first-order valence-electron chi connectivity index (χ1n) is 11.6. The summed E-state index contributed by atoms with van der Waals surface area (Å²) >= 11 is 0. The zero-order chi connectivity index (χ0) is 22.3. The Morgan fingerprint density at radius 3 is 2.06 bits per heavy atom. The summed E-state index contributed by atoms with van der Waals surface area (Å²) in [4.78, 5) is 0. The number of benzene rings is 4. The van der Waals surface area contributed by atoms with Gasteiger partial charge >= 0.3 is 0 Å². The normalized spacial score (nSPS) is 11.1. The van der Waals surface area contributed by atoms with E-state index in [0.717, 1.165) is 28.9 Å². The van der Waals surface area contributed by atoms with Gasteiger partial charge in [-0.2, -0.15) is 0 Å². The minimum absolute atomic E-state index is 0.216. The van der Waals surface area contributed by atoms with E-state index in [0.29, 0.717) is 5.56 Å². The lowest BCUT2D eigenvalue weighted by molar-refractivity contribution is 0.415. The molecule has 4 aromatic rings. The molecule has 0 aliphatic heterocycles. The highest BCUT2D eigenvalue weighted by Crippen LogP contribution is 2.31. The molecule has 0 aromatic heterocycles. The molecule has 0 heterocycles. The van der Waals surface area contributed by atoms with E-state index in [-0.39, 0.29) is 5.82 Å². The van der Waals surface area contributed by atoms with Crippen LogP contribution in [0, 0.1) is 5.82 Å². The lowest BCUT2D eigenvalue weighted by Gasteiger charge is -2.10. The third kappa shape index (κ3) is 5.19. The van der Waals surface area contributed by atoms with Crippen LogP contribution in [0.5, 0.6) is 5.75 Å². The SMILES string of the molecule is CCCCCCCc1ccc2cc(-c3ccc(-c4ccc(OC)cc4)c(F)c3)ccc2c1. The highest BCUT2D eigenvalue weighted by Gasteiger charge is 2.09. The summed E-state index contributed by atoms with van der Waals surface area (Å²) in [6, 6.07) is 26.1. The summed E-state index contributed by atoms with van der Waals surface area (Å²) in [6.45, 7) is 2.25. The third-order valence-corrected chi connectivity index (χ3v) is 6.18. The van der Waals surface area contributed by atoms with Gasteiger partial charge in [-0.05, 0) is 70.1 Å². The highest BCUT2D eigenvalue weighted by atomic mass is 19.1. The van der Waals surface area contributed by atoms with Gasteiger partial charge in [-0.25, -0.2) is 4.39 Å². The van der Waals surface area contributed by atoms with Gasteiger partial charge in [0.25, 0.3) is 0 Å². The summed E-state index contributed by atoms with van der Waals surface area (Å²) < 4.78 is 20.1. The maximum absolute atomic E-state index is 14.9. The predicted octanol–water partition coefficient (Wildman–Crippen LogP) is 8.83. The lowest BCUT2D eigenvalue weighted by atomic mass is 9.96. The second kappa shape index (κ2) is 10.5. The number of ether oxygens (including phenoxy) is 1. The second-order valence-corrected chi connectivity index (χ2v) is 8.48. The van der Waals surface area contributed by atoms with Crippen LogP contribution < -0.4 is 4.74 Å². The van der Waals surface area contributed by atoms with Crippen LogP contribution in [0.1, 0.15) is 44.6 Å². The standard InChI is InChI=1S/C30H31FO/c1-3-4-5-6-7-8-22-9-10-25-20-26(12-11-24(25)19-22)27-15-18-29(30(31)21-27)23-13-16-28(32-2)17-14-23/h9-21H,3-8H2,1-2H3. The van der Waals surface area contributed by atoms with Crippen molar-refractivity contribution in [3.05, 3.63) is 90.2 Å². The average molecular weight is 427 g/mol. The monoisotopic (exact) mass is 426 g/mol. The van der Waals surface area contributed by atoms with Gasteiger partial charge in [-0.3, -0.25) is 0 Å². The Morgan fingerprint density at radius 2 is 1.31 bits per heavy atom. The van der Waals surface area contributed by atoms with Crippen LogP contribution in [0.15, 0.2) is 78.9 Å². The Morgan fingerprint density at radius 1 is 0.656 bits per heavy atom. The Hall–Kier alpha value is -3.13. The fourth-order valence-electron chi connectivity index (χ4n) is 4.26. The number of hydrogen-bond acceptors (Lipinski definition) is 1. The largest absolute Gasteiger partial charge is 0.497 e. The van der Waals surface area contributed by atoms with Gasteiger partial charge in [0.15, 0.2) is 0 Å². The van der Waals surface area contributed by atoms with Gasteiger partial charge in [0.1, 0.15) is 11.6 Å². The first-order valence-corrected chi connectivity index (χ1v) is 11.6. The Bertz CT molecular complexity index is 1180. The third-order valence-electron chi connectivity index (χ3n) is 6.18. The maximum Gasteiger partial charge on any atom is 0.131 e. The molecule has 4 aromatic carbocycles. The van der Waals surface area contributed by atoms with Crippen molar-refractivity contribution in [2.24, 2.45) is 0 Å². The second-order valence-electron chi connectivity index (χ2n) is 8.48. The number of aryl methyl sites for hydroxylation is 1. The summed E-state index contributed by atoms with van der Waals surface area (Å²) in [5, 5.41) is 2.44. The number of rotatable bonds is 9. The van der Waals surface area contributed by atoms with Crippen molar-refractivity contribution in [3.8, 4) is 28.0 Å². The minimum Gasteiger partial charge on any atom is -0.497 e. The van der Waals surface area contributed by atoms with Gasteiger partial charge in [0.2, 0.25) is 0 Å². The van der Waals surface area contributed by atoms with Gasteiger partial charge in [0.05, 0.1) is 7.11 Å². The van der Waals surface area contributed by atoms with Crippen molar-refractivity contribution in [1.82, 2.24) is 0 Å². The molecule has 164 valence electrons. The Labute approximate surface area is 190 Å². The molecule has 2 heteroatoms. The van der Waals surface area contributed by atoms with Gasteiger partial charge in [-0.1, -0.05) is 87.2 Å². The quantitative estimate of drug-likeness (QED) is 0.243. The van der Waals surface area contributed by atoms with Crippen LogP contribution in [0.3, 0.4) is 0 Å². The van der Waals surface area contributed by atoms with Crippen molar-refractivity contribution in [1.29, 1.82) is 0 Å². The highest BCUT2D eigenvalue weighted by molar-refractivity contribution is 5.88. The van der Waals surface area contributed by atoms with Crippen LogP contribution in [-0.4, -0.2) is 7.11 Å². The van der Waals surface area contributed by atoms with E-state index in [4.69, 9.17) is 4.74 Å².